The number of hydrogen-bond acceptors (Lipinski definition) is 1. The molecule has 0 radical (unpaired) electrons. The van der Waals surface area contributed by atoms with E-state index in [2.05, 4.69) is 41.8 Å². The lowest BCUT2D eigenvalue weighted by Gasteiger charge is -2.09. The number of aryl methyl sites for hydroxylation is 2. The summed E-state index contributed by atoms with van der Waals surface area (Å²) in [7, 11) is 2.07. The molecule has 0 aliphatic carbocycles. The molecule has 0 N–H and O–H groups in total. The minimum absolute atomic E-state index is 1.17. The van der Waals surface area contributed by atoms with Gasteiger partial charge in [0, 0.05) is 0 Å². The third-order valence-corrected chi connectivity index (χ3v) is 3.76. The number of rotatable bonds is 7. The van der Waals surface area contributed by atoms with Crippen LogP contribution in [0.3, 0.4) is 0 Å². The molecular formula is C18H23F5N2O. The van der Waals surface area contributed by atoms with Crippen LogP contribution in [-0.4, -0.2) is 4.57 Å². The number of imidazole rings is 1. The van der Waals surface area contributed by atoms with E-state index in [0.29, 0.717) is 0 Å². The van der Waals surface area contributed by atoms with E-state index in [-0.39, 0.29) is 0 Å². The summed E-state index contributed by atoms with van der Waals surface area (Å²) in [5.41, 5.74) is 0. The lowest BCUT2D eigenvalue weighted by atomic mass is 10.1. The Morgan fingerprint density at radius 2 is 1.35 bits per heavy atom. The highest BCUT2D eigenvalue weighted by Gasteiger charge is 2.20. The smallest absolute Gasteiger partial charge is 0.243 e. The van der Waals surface area contributed by atoms with Gasteiger partial charge in [-0.05, 0) is 18.6 Å². The maximum atomic E-state index is 12.1. The van der Waals surface area contributed by atoms with E-state index < -0.39 is 34.8 Å². The average molecular weight is 378 g/mol. The summed E-state index contributed by atoms with van der Waals surface area (Å²) in [5.74, 6) is -13.6. The highest BCUT2D eigenvalue weighted by molar-refractivity contribution is 5.26. The van der Waals surface area contributed by atoms with Gasteiger partial charge in [0.1, 0.15) is 12.4 Å². The molecule has 2 rings (SSSR count). The number of unbranched alkanes of at least 4 members (excludes halogenated alkanes) is 5. The topological polar surface area (TPSA) is 31.9 Å². The summed E-state index contributed by atoms with van der Waals surface area (Å²) in [4.78, 5) is 0. The summed E-state index contributed by atoms with van der Waals surface area (Å²) >= 11 is 0. The van der Waals surface area contributed by atoms with Gasteiger partial charge in [0.15, 0.2) is 29.1 Å². The van der Waals surface area contributed by atoms with Crippen LogP contribution in [0.15, 0.2) is 18.7 Å². The van der Waals surface area contributed by atoms with Gasteiger partial charge in [0.2, 0.25) is 6.33 Å². The fraction of sp³-hybridized carbons (Fsp3) is 0.500. The Morgan fingerprint density at radius 1 is 0.846 bits per heavy atom. The van der Waals surface area contributed by atoms with E-state index in [1.807, 2.05) is 0 Å². The maximum Gasteiger partial charge on any atom is 0.243 e. The molecule has 0 bridgehead atoms. The summed E-state index contributed by atoms with van der Waals surface area (Å²) < 4.78 is 64.8. The number of aromatic nitrogens is 2. The average Bonchev–Trinajstić information content (AvgIpc) is 3.05. The molecule has 0 unspecified atom stereocenters. The van der Waals surface area contributed by atoms with Crippen molar-refractivity contribution in [1.29, 1.82) is 0 Å². The lowest BCUT2D eigenvalue weighted by Crippen LogP contribution is -2.23. The Labute approximate surface area is 149 Å². The van der Waals surface area contributed by atoms with Gasteiger partial charge >= 0.3 is 0 Å². The second-order valence-electron chi connectivity index (χ2n) is 5.98. The summed E-state index contributed by atoms with van der Waals surface area (Å²) in [6, 6.07) is 0. The van der Waals surface area contributed by atoms with Crippen molar-refractivity contribution in [2.75, 3.05) is 0 Å². The number of nitrogens with zero attached hydrogens (tertiary/aromatic N) is 2. The maximum absolute atomic E-state index is 12.1. The van der Waals surface area contributed by atoms with Crippen molar-refractivity contribution in [2.24, 2.45) is 7.05 Å². The molecule has 0 fully saturated rings. The van der Waals surface area contributed by atoms with Gasteiger partial charge < -0.3 is 5.11 Å². The van der Waals surface area contributed by atoms with E-state index in [4.69, 9.17) is 0 Å². The van der Waals surface area contributed by atoms with Crippen LogP contribution >= 0.6 is 0 Å². The van der Waals surface area contributed by atoms with Gasteiger partial charge in [0.05, 0.1) is 13.6 Å². The fourth-order valence-corrected chi connectivity index (χ4v) is 2.29. The number of benzene rings is 1. The van der Waals surface area contributed by atoms with Gasteiger partial charge in [-0.2, -0.15) is 0 Å². The van der Waals surface area contributed by atoms with Crippen molar-refractivity contribution in [1.82, 2.24) is 4.57 Å². The van der Waals surface area contributed by atoms with Crippen molar-refractivity contribution in [3.05, 3.63) is 47.8 Å². The van der Waals surface area contributed by atoms with Crippen molar-refractivity contribution in [3.63, 3.8) is 0 Å². The first-order valence-electron chi connectivity index (χ1n) is 8.49. The van der Waals surface area contributed by atoms with Crippen molar-refractivity contribution in [3.8, 4) is 5.75 Å². The molecule has 0 saturated carbocycles. The molecule has 0 aliphatic rings. The SMILES string of the molecule is CCCCCCCCn1cc[n+](C)c1.[O-]c1c(F)c(F)c(F)c(F)c1F. The minimum Gasteiger partial charge on any atom is -0.868 e. The van der Waals surface area contributed by atoms with Gasteiger partial charge in [-0.1, -0.05) is 32.6 Å². The van der Waals surface area contributed by atoms with Gasteiger partial charge in [-0.3, -0.25) is 0 Å². The third-order valence-electron chi connectivity index (χ3n) is 3.76. The van der Waals surface area contributed by atoms with Crippen LogP contribution in [0.25, 0.3) is 0 Å². The lowest BCUT2D eigenvalue weighted by molar-refractivity contribution is -0.671. The first-order valence-corrected chi connectivity index (χ1v) is 8.49. The van der Waals surface area contributed by atoms with E-state index in [1.165, 1.54) is 45.1 Å². The van der Waals surface area contributed by atoms with Crippen LogP contribution in [0.2, 0.25) is 0 Å². The highest BCUT2D eigenvalue weighted by atomic mass is 19.2. The molecule has 0 atom stereocenters. The van der Waals surface area contributed by atoms with Crippen LogP contribution in [0.5, 0.6) is 5.75 Å². The molecule has 0 aliphatic heterocycles. The molecule has 8 heteroatoms. The monoisotopic (exact) mass is 378 g/mol. The van der Waals surface area contributed by atoms with Gasteiger partial charge in [0.25, 0.3) is 0 Å². The van der Waals surface area contributed by atoms with Crippen LogP contribution in [-0.2, 0) is 13.6 Å². The molecule has 2 aromatic rings. The van der Waals surface area contributed by atoms with E-state index >= 15 is 0 Å². The van der Waals surface area contributed by atoms with Crippen LogP contribution in [0.4, 0.5) is 22.0 Å². The van der Waals surface area contributed by atoms with Crippen molar-refractivity contribution < 1.29 is 31.6 Å². The highest BCUT2D eigenvalue weighted by Crippen LogP contribution is 2.25. The van der Waals surface area contributed by atoms with Crippen molar-refractivity contribution in [2.45, 2.75) is 52.0 Å². The predicted molar refractivity (Wildman–Crippen MR) is 84.7 cm³/mol. The van der Waals surface area contributed by atoms with E-state index in [0.717, 1.165) is 0 Å². The second-order valence-corrected chi connectivity index (χ2v) is 5.98. The molecule has 0 spiro atoms. The Bertz CT molecular complexity index is 598. The summed E-state index contributed by atoms with van der Waals surface area (Å²) in [6.07, 6.45) is 14.6. The molecule has 1 aromatic carbocycles. The molecule has 0 saturated heterocycles. The molecule has 1 heterocycles. The zero-order valence-corrected chi connectivity index (χ0v) is 14.9. The normalized spacial score (nSPS) is 10.6. The molecule has 1 aromatic heterocycles. The first-order chi connectivity index (χ1) is 12.3. The van der Waals surface area contributed by atoms with Crippen LogP contribution in [0.1, 0.15) is 45.4 Å². The van der Waals surface area contributed by atoms with Crippen molar-refractivity contribution >= 4 is 0 Å². The Balaban J connectivity index is 0.000000263. The standard InChI is InChI=1S/C12H23N2.C6HF5O/c1-3-4-5-6-7-8-9-14-11-10-13(2)12-14;7-1-2(8)4(10)6(12)5(11)3(1)9/h10-12H,3-9H2,1-2H3;12H/q+1;/p-1. The number of halogens is 5. The predicted octanol–water partition coefficient (Wildman–Crippen LogP) is 4.13. The molecule has 0 amide bonds. The third kappa shape index (κ3) is 6.31. The van der Waals surface area contributed by atoms with E-state index in [1.54, 1.807) is 0 Å². The summed E-state index contributed by atoms with van der Waals surface area (Å²) in [6.45, 7) is 3.44. The largest absolute Gasteiger partial charge is 0.868 e. The zero-order chi connectivity index (χ0) is 19.7. The molecule has 26 heavy (non-hydrogen) atoms. The first kappa shape index (κ1) is 21.9. The fourth-order valence-electron chi connectivity index (χ4n) is 2.29. The zero-order valence-electron chi connectivity index (χ0n) is 14.9. The Hall–Kier alpha value is -2.12. The minimum atomic E-state index is -2.33. The Kier molecular flexibility index (Phi) is 9.09. The van der Waals surface area contributed by atoms with Gasteiger partial charge in [-0.15, -0.1) is 0 Å². The Morgan fingerprint density at radius 3 is 1.85 bits per heavy atom. The molecule has 146 valence electrons. The van der Waals surface area contributed by atoms with Crippen LogP contribution < -0.4 is 9.67 Å². The van der Waals surface area contributed by atoms with E-state index in [9.17, 15) is 27.1 Å². The number of hydrogen-bond donors (Lipinski definition) is 0. The second kappa shape index (κ2) is 10.8. The molecular weight excluding hydrogens is 355 g/mol. The molecule has 3 nitrogen and oxygen atoms in total. The summed E-state index contributed by atoms with van der Waals surface area (Å²) in [5, 5.41) is 10.2. The quantitative estimate of drug-likeness (QED) is 0.234. The van der Waals surface area contributed by atoms with Gasteiger partial charge in [-0.25, -0.2) is 31.1 Å². The van der Waals surface area contributed by atoms with Crippen LogP contribution in [0, 0.1) is 29.1 Å².